The molecule has 0 heterocycles. The fraction of sp³-hybridized carbons (Fsp3) is 0.750. The SMILES string of the molecule is CCCCCC=C[S+](C)[O-]. The molecule has 0 bridgehead atoms. The van der Waals surface area contributed by atoms with E-state index >= 15 is 0 Å². The molecule has 0 rings (SSSR count). The van der Waals surface area contributed by atoms with Gasteiger partial charge in [-0.2, -0.15) is 0 Å². The van der Waals surface area contributed by atoms with Crippen LogP contribution in [0.2, 0.25) is 0 Å². The highest BCUT2D eigenvalue weighted by Crippen LogP contribution is 2.00. The van der Waals surface area contributed by atoms with E-state index in [1.807, 2.05) is 6.08 Å². The van der Waals surface area contributed by atoms with Gasteiger partial charge >= 0.3 is 0 Å². The second kappa shape index (κ2) is 7.16. The molecule has 0 saturated carbocycles. The van der Waals surface area contributed by atoms with Crippen LogP contribution in [0.3, 0.4) is 0 Å². The molecule has 0 radical (unpaired) electrons. The Labute approximate surface area is 66.7 Å². The minimum atomic E-state index is -0.752. The van der Waals surface area contributed by atoms with Crippen LogP contribution in [0.15, 0.2) is 11.5 Å². The Morgan fingerprint density at radius 2 is 2.10 bits per heavy atom. The standard InChI is InChI=1S/C8H16OS/c1-3-4-5-6-7-8-10(2)9/h7-8H,3-6H2,1-2H3. The first-order valence-corrected chi connectivity index (χ1v) is 5.38. The zero-order chi connectivity index (χ0) is 7.82. The van der Waals surface area contributed by atoms with Crippen LogP contribution in [0.25, 0.3) is 0 Å². The molecule has 0 saturated heterocycles. The number of rotatable bonds is 5. The third-order valence-electron chi connectivity index (χ3n) is 1.26. The molecule has 0 spiro atoms. The second-order valence-electron chi connectivity index (χ2n) is 2.37. The van der Waals surface area contributed by atoms with Crippen molar-refractivity contribution >= 4 is 11.2 Å². The van der Waals surface area contributed by atoms with Gasteiger partial charge in [-0.3, -0.25) is 0 Å². The van der Waals surface area contributed by atoms with E-state index in [1.54, 1.807) is 11.7 Å². The Balaban J connectivity index is 3.02. The van der Waals surface area contributed by atoms with E-state index in [0.29, 0.717) is 0 Å². The van der Waals surface area contributed by atoms with E-state index < -0.39 is 11.2 Å². The number of allylic oxidation sites excluding steroid dienone is 1. The van der Waals surface area contributed by atoms with Crippen molar-refractivity contribution in [2.45, 2.75) is 32.6 Å². The third kappa shape index (κ3) is 8.05. The van der Waals surface area contributed by atoms with Crippen molar-refractivity contribution < 1.29 is 4.55 Å². The van der Waals surface area contributed by atoms with Crippen molar-refractivity contribution in [3.8, 4) is 0 Å². The van der Waals surface area contributed by atoms with Crippen LogP contribution in [0.5, 0.6) is 0 Å². The fourth-order valence-electron chi connectivity index (χ4n) is 0.716. The van der Waals surface area contributed by atoms with E-state index in [-0.39, 0.29) is 0 Å². The summed E-state index contributed by atoms with van der Waals surface area (Å²) in [6, 6.07) is 0. The van der Waals surface area contributed by atoms with E-state index in [4.69, 9.17) is 0 Å². The molecule has 10 heavy (non-hydrogen) atoms. The first-order chi connectivity index (χ1) is 4.77. The van der Waals surface area contributed by atoms with Crippen LogP contribution in [-0.4, -0.2) is 10.8 Å². The fourth-order valence-corrected chi connectivity index (χ4v) is 1.12. The van der Waals surface area contributed by atoms with Crippen molar-refractivity contribution in [2.24, 2.45) is 0 Å². The van der Waals surface area contributed by atoms with Crippen LogP contribution in [0.1, 0.15) is 32.6 Å². The maximum Gasteiger partial charge on any atom is 0.112 e. The van der Waals surface area contributed by atoms with Crippen LogP contribution >= 0.6 is 0 Å². The summed E-state index contributed by atoms with van der Waals surface area (Å²) < 4.78 is 10.5. The van der Waals surface area contributed by atoms with Gasteiger partial charge in [0.2, 0.25) is 0 Å². The van der Waals surface area contributed by atoms with Crippen LogP contribution in [0, 0.1) is 0 Å². The monoisotopic (exact) mass is 160 g/mol. The predicted molar refractivity (Wildman–Crippen MR) is 47.3 cm³/mol. The summed E-state index contributed by atoms with van der Waals surface area (Å²) in [5.74, 6) is 0. The molecular weight excluding hydrogens is 144 g/mol. The smallest absolute Gasteiger partial charge is 0.112 e. The number of unbranched alkanes of at least 4 members (excludes halogenated alkanes) is 3. The molecule has 0 fully saturated rings. The minimum absolute atomic E-state index is 0.752. The lowest BCUT2D eigenvalue weighted by Gasteiger charge is -1.94. The van der Waals surface area contributed by atoms with Gasteiger partial charge in [-0.1, -0.05) is 19.8 Å². The molecule has 0 aliphatic carbocycles. The van der Waals surface area contributed by atoms with Crippen LogP contribution in [0.4, 0.5) is 0 Å². The topological polar surface area (TPSA) is 23.1 Å². The lowest BCUT2D eigenvalue weighted by molar-refractivity contribution is 0.608. The van der Waals surface area contributed by atoms with E-state index in [9.17, 15) is 4.55 Å². The van der Waals surface area contributed by atoms with Gasteiger partial charge in [-0.15, -0.1) is 0 Å². The molecular formula is C8H16OS. The average molecular weight is 160 g/mol. The van der Waals surface area contributed by atoms with Crippen molar-refractivity contribution in [1.82, 2.24) is 0 Å². The first-order valence-electron chi connectivity index (χ1n) is 3.76. The maximum absolute atomic E-state index is 10.5. The summed E-state index contributed by atoms with van der Waals surface area (Å²) in [5.41, 5.74) is 0. The highest BCUT2D eigenvalue weighted by molar-refractivity contribution is 7.93. The molecule has 0 aromatic rings. The van der Waals surface area contributed by atoms with Gasteiger partial charge in [-0.05, 0) is 30.1 Å². The van der Waals surface area contributed by atoms with Crippen molar-refractivity contribution in [2.75, 3.05) is 6.26 Å². The van der Waals surface area contributed by atoms with E-state index in [2.05, 4.69) is 6.92 Å². The largest absolute Gasteiger partial charge is 0.612 e. The Kier molecular flexibility index (Phi) is 7.20. The van der Waals surface area contributed by atoms with Crippen LogP contribution < -0.4 is 0 Å². The summed E-state index contributed by atoms with van der Waals surface area (Å²) in [7, 11) is 0. The van der Waals surface area contributed by atoms with Crippen molar-refractivity contribution in [1.29, 1.82) is 0 Å². The quantitative estimate of drug-likeness (QED) is 0.447. The lowest BCUT2D eigenvalue weighted by Crippen LogP contribution is -1.87. The van der Waals surface area contributed by atoms with E-state index in [0.717, 1.165) is 6.42 Å². The van der Waals surface area contributed by atoms with Gasteiger partial charge < -0.3 is 4.55 Å². The zero-order valence-electron chi connectivity index (χ0n) is 6.80. The average Bonchev–Trinajstić information content (AvgIpc) is 1.87. The Bertz CT molecular complexity index is 89.3. The molecule has 0 aliphatic heterocycles. The van der Waals surface area contributed by atoms with Crippen molar-refractivity contribution in [3.63, 3.8) is 0 Å². The Morgan fingerprint density at radius 1 is 1.40 bits per heavy atom. The summed E-state index contributed by atoms with van der Waals surface area (Å²) in [5, 5.41) is 1.76. The molecule has 0 aliphatic rings. The summed E-state index contributed by atoms with van der Waals surface area (Å²) in [4.78, 5) is 0. The summed E-state index contributed by atoms with van der Waals surface area (Å²) >= 11 is -0.752. The highest BCUT2D eigenvalue weighted by atomic mass is 32.2. The Morgan fingerprint density at radius 3 is 2.60 bits per heavy atom. The first kappa shape index (κ1) is 10.0. The molecule has 60 valence electrons. The van der Waals surface area contributed by atoms with Gasteiger partial charge in [0.1, 0.15) is 5.41 Å². The maximum atomic E-state index is 10.5. The third-order valence-corrected chi connectivity index (χ3v) is 1.84. The molecule has 1 atom stereocenters. The second-order valence-corrected chi connectivity index (χ2v) is 3.64. The molecule has 2 heteroatoms. The van der Waals surface area contributed by atoms with Gasteiger partial charge in [-0.25, -0.2) is 0 Å². The number of hydrogen-bond donors (Lipinski definition) is 0. The van der Waals surface area contributed by atoms with Gasteiger partial charge in [0.05, 0.1) is 6.26 Å². The van der Waals surface area contributed by atoms with Crippen LogP contribution in [-0.2, 0) is 11.2 Å². The number of hydrogen-bond acceptors (Lipinski definition) is 1. The van der Waals surface area contributed by atoms with Gasteiger partial charge in [0.25, 0.3) is 0 Å². The summed E-state index contributed by atoms with van der Waals surface area (Å²) in [6.07, 6.45) is 8.53. The van der Waals surface area contributed by atoms with E-state index in [1.165, 1.54) is 19.3 Å². The van der Waals surface area contributed by atoms with Crippen molar-refractivity contribution in [3.05, 3.63) is 11.5 Å². The molecule has 0 aromatic carbocycles. The molecule has 0 N–H and O–H groups in total. The molecule has 0 amide bonds. The molecule has 0 aromatic heterocycles. The lowest BCUT2D eigenvalue weighted by atomic mass is 10.2. The molecule has 1 nitrogen and oxygen atoms in total. The predicted octanol–water partition coefficient (Wildman–Crippen LogP) is 2.46. The summed E-state index contributed by atoms with van der Waals surface area (Å²) in [6.45, 7) is 2.18. The van der Waals surface area contributed by atoms with Gasteiger partial charge in [0.15, 0.2) is 0 Å². The zero-order valence-corrected chi connectivity index (χ0v) is 7.62. The molecule has 1 unspecified atom stereocenters. The minimum Gasteiger partial charge on any atom is -0.612 e. The Hall–Kier alpha value is 0.0500. The highest BCUT2D eigenvalue weighted by Gasteiger charge is 1.85. The normalized spacial score (nSPS) is 14.3. The van der Waals surface area contributed by atoms with Gasteiger partial charge in [0, 0.05) is 0 Å².